The lowest BCUT2D eigenvalue weighted by Gasteiger charge is -2.11. The van der Waals surface area contributed by atoms with Crippen molar-refractivity contribution in [1.29, 1.82) is 0 Å². The largest absolute Gasteiger partial charge is 0.466 e. The van der Waals surface area contributed by atoms with Crippen LogP contribution in [0, 0.1) is 0 Å². The van der Waals surface area contributed by atoms with E-state index in [1.54, 1.807) is 31.2 Å². The highest BCUT2D eigenvalue weighted by Gasteiger charge is 2.14. The summed E-state index contributed by atoms with van der Waals surface area (Å²) in [4.78, 5) is 36.7. The maximum Gasteiger partial charge on any atom is 0.305 e. The first kappa shape index (κ1) is 24.3. The molecule has 0 radical (unpaired) electrons. The Balaban J connectivity index is 1.95. The number of carbonyl (C=O) groups is 3. The fourth-order valence-corrected chi connectivity index (χ4v) is 3.20. The molecular weight excluding hydrogens is 460 g/mol. The van der Waals surface area contributed by atoms with E-state index in [2.05, 4.69) is 26.6 Å². The topological polar surface area (TPSA) is 84.5 Å². The summed E-state index contributed by atoms with van der Waals surface area (Å²) in [6.45, 7) is 2.61. The van der Waals surface area contributed by atoms with Crippen LogP contribution < -0.4 is 10.6 Å². The number of ether oxygens (including phenoxy) is 1. The summed E-state index contributed by atoms with van der Waals surface area (Å²) in [5.74, 6) is -0.930. The highest BCUT2D eigenvalue weighted by molar-refractivity contribution is 9.10. The number of carbonyl (C=O) groups excluding carboxylic acids is 3. The van der Waals surface area contributed by atoms with E-state index in [1.165, 1.54) is 0 Å². The molecule has 0 fully saturated rings. The van der Waals surface area contributed by atoms with Gasteiger partial charge in [0.1, 0.15) is 5.70 Å². The van der Waals surface area contributed by atoms with Crippen molar-refractivity contribution in [2.45, 2.75) is 32.6 Å². The lowest BCUT2D eigenvalue weighted by atomic mass is 10.1. The molecule has 0 saturated carbocycles. The number of amides is 2. The minimum Gasteiger partial charge on any atom is -0.466 e. The number of benzene rings is 2. The molecule has 2 rings (SSSR count). The number of hydrogen-bond acceptors (Lipinski definition) is 4. The fraction of sp³-hybridized carbons (Fsp3) is 0.292. The van der Waals surface area contributed by atoms with Crippen LogP contribution in [-0.4, -0.2) is 30.9 Å². The lowest BCUT2D eigenvalue weighted by Crippen LogP contribution is -2.35. The Morgan fingerprint density at radius 2 is 1.77 bits per heavy atom. The van der Waals surface area contributed by atoms with E-state index in [0.29, 0.717) is 31.6 Å². The fourth-order valence-electron chi connectivity index (χ4n) is 2.80. The Morgan fingerprint density at radius 3 is 2.48 bits per heavy atom. The molecule has 0 saturated heterocycles. The Bertz CT molecular complexity index is 913. The first-order valence-corrected chi connectivity index (χ1v) is 11.1. The average molecular weight is 487 g/mol. The normalized spacial score (nSPS) is 11.0. The molecule has 7 heteroatoms. The predicted molar refractivity (Wildman–Crippen MR) is 124 cm³/mol. The van der Waals surface area contributed by atoms with E-state index < -0.39 is 0 Å². The first-order chi connectivity index (χ1) is 15.0. The first-order valence-electron chi connectivity index (χ1n) is 10.3. The molecule has 2 aromatic carbocycles. The monoisotopic (exact) mass is 486 g/mol. The smallest absolute Gasteiger partial charge is 0.305 e. The minimum absolute atomic E-state index is 0.169. The molecule has 0 aromatic heterocycles. The summed E-state index contributed by atoms with van der Waals surface area (Å²) in [5.41, 5.74) is 1.42. The SMILES string of the molecule is CCOC(=O)CCCCCNC(=O)/C(=C/c1ccccc1)NC(=O)c1cccc(Br)c1. The zero-order chi connectivity index (χ0) is 22.5. The Morgan fingerprint density at radius 1 is 1.00 bits per heavy atom. The van der Waals surface area contributed by atoms with Gasteiger partial charge in [-0.25, -0.2) is 0 Å². The van der Waals surface area contributed by atoms with Gasteiger partial charge in [-0.2, -0.15) is 0 Å². The van der Waals surface area contributed by atoms with Gasteiger partial charge in [0.15, 0.2) is 0 Å². The molecule has 2 amide bonds. The van der Waals surface area contributed by atoms with Crippen molar-refractivity contribution in [3.63, 3.8) is 0 Å². The molecule has 0 atom stereocenters. The summed E-state index contributed by atoms with van der Waals surface area (Å²) in [7, 11) is 0. The molecule has 31 heavy (non-hydrogen) atoms. The standard InChI is InChI=1S/C24H27BrN2O4/c1-2-31-22(28)14-7-4-8-15-26-24(30)21(16-18-10-5-3-6-11-18)27-23(29)19-12-9-13-20(25)17-19/h3,5-6,9-13,16-17H,2,4,7-8,14-15H2,1H3,(H,26,30)(H,27,29)/b21-16-. The maximum absolute atomic E-state index is 12.7. The van der Waals surface area contributed by atoms with Gasteiger partial charge in [0, 0.05) is 23.0 Å². The van der Waals surface area contributed by atoms with Crippen LogP contribution in [0.4, 0.5) is 0 Å². The average Bonchev–Trinajstić information content (AvgIpc) is 2.76. The highest BCUT2D eigenvalue weighted by Crippen LogP contribution is 2.13. The van der Waals surface area contributed by atoms with Gasteiger partial charge in [-0.05, 0) is 49.6 Å². The summed E-state index contributed by atoms with van der Waals surface area (Å²) in [5, 5.41) is 5.56. The van der Waals surface area contributed by atoms with E-state index in [4.69, 9.17) is 4.74 Å². The molecule has 0 aliphatic carbocycles. The molecule has 0 bridgehead atoms. The van der Waals surface area contributed by atoms with Crippen molar-refractivity contribution in [2.75, 3.05) is 13.2 Å². The van der Waals surface area contributed by atoms with Crippen molar-refractivity contribution in [3.05, 3.63) is 75.9 Å². The van der Waals surface area contributed by atoms with Gasteiger partial charge in [0.25, 0.3) is 11.8 Å². The molecule has 2 aromatic rings. The van der Waals surface area contributed by atoms with Gasteiger partial charge >= 0.3 is 5.97 Å². The van der Waals surface area contributed by atoms with Gasteiger partial charge in [-0.3, -0.25) is 14.4 Å². The number of unbranched alkanes of at least 4 members (excludes halogenated alkanes) is 2. The van der Waals surface area contributed by atoms with Crippen LogP contribution in [-0.2, 0) is 14.3 Å². The summed E-state index contributed by atoms with van der Waals surface area (Å²) >= 11 is 3.35. The zero-order valence-electron chi connectivity index (χ0n) is 17.5. The highest BCUT2D eigenvalue weighted by atomic mass is 79.9. The predicted octanol–water partition coefficient (Wildman–Crippen LogP) is 4.46. The number of nitrogens with one attached hydrogen (secondary N) is 2. The van der Waals surface area contributed by atoms with Crippen molar-refractivity contribution in [2.24, 2.45) is 0 Å². The van der Waals surface area contributed by atoms with Crippen LogP contribution in [0.25, 0.3) is 6.08 Å². The quantitative estimate of drug-likeness (QED) is 0.279. The van der Waals surface area contributed by atoms with Gasteiger partial charge < -0.3 is 15.4 Å². The summed E-state index contributed by atoms with van der Waals surface area (Å²) < 4.78 is 5.67. The van der Waals surface area contributed by atoms with Gasteiger partial charge in [0.05, 0.1) is 6.61 Å². The third kappa shape index (κ3) is 9.17. The van der Waals surface area contributed by atoms with Crippen LogP contribution in [0.1, 0.15) is 48.5 Å². The van der Waals surface area contributed by atoms with Gasteiger partial charge in [-0.15, -0.1) is 0 Å². The second-order valence-corrected chi connectivity index (χ2v) is 7.72. The third-order valence-corrected chi connectivity index (χ3v) is 4.83. The number of halogens is 1. The van der Waals surface area contributed by atoms with Crippen molar-refractivity contribution in [3.8, 4) is 0 Å². The van der Waals surface area contributed by atoms with Gasteiger partial charge in [0.2, 0.25) is 0 Å². The molecule has 0 aliphatic rings. The second-order valence-electron chi connectivity index (χ2n) is 6.80. The minimum atomic E-state index is -0.368. The van der Waals surface area contributed by atoms with E-state index in [0.717, 1.165) is 22.9 Å². The zero-order valence-corrected chi connectivity index (χ0v) is 19.1. The Hall–Kier alpha value is -2.93. The lowest BCUT2D eigenvalue weighted by molar-refractivity contribution is -0.143. The third-order valence-electron chi connectivity index (χ3n) is 4.34. The number of rotatable bonds is 11. The van der Waals surface area contributed by atoms with Crippen LogP contribution >= 0.6 is 15.9 Å². The molecule has 2 N–H and O–H groups in total. The van der Waals surface area contributed by atoms with E-state index in [9.17, 15) is 14.4 Å². The molecule has 164 valence electrons. The van der Waals surface area contributed by atoms with E-state index >= 15 is 0 Å². The Labute approximate surface area is 191 Å². The van der Waals surface area contributed by atoms with E-state index in [-0.39, 0.29) is 23.5 Å². The van der Waals surface area contributed by atoms with Crippen molar-refractivity contribution >= 4 is 39.8 Å². The molecule has 6 nitrogen and oxygen atoms in total. The van der Waals surface area contributed by atoms with Crippen LogP contribution in [0.3, 0.4) is 0 Å². The van der Waals surface area contributed by atoms with Crippen LogP contribution in [0.15, 0.2) is 64.8 Å². The Kier molecular flexibility index (Phi) is 10.5. The maximum atomic E-state index is 12.7. The van der Waals surface area contributed by atoms with Crippen LogP contribution in [0.2, 0.25) is 0 Å². The molecular formula is C24H27BrN2O4. The van der Waals surface area contributed by atoms with E-state index in [1.807, 2.05) is 36.4 Å². The van der Waals surface area contributed by atoms with Crippen LogP contribution in [0.5, 0.6) is 0 Å². The van der Waals surface area contributed by atoms with Crippen molar-refractivity contribution in [1.82, 2.24) is 10.6 Å². The number of esters is 1. The molecule has 0 heterocycles. The molecule has 0 aliphatic heterocycles. The second kappa shape index (κ2) is 13.4. The summed E-state index contributed by atoms with van der Waals surface area (Å²) in [6.07, 6.45) is 4.25. The van der Waals surface area contributed by atoms with Gasteiger partial charge in [-0.1, -0.05) is 58.7 Å². The molecule has 0 spiro atoms. The van der Waals surface area contributed by atoms with Crippen molar-refractivity contribution < 1.29 is 19.1 Å². The number of hydrogen-bond donors (Lipinski definition) is 2. The summed E-state index contributed by atoms with van der Waals surface area (Å²) in [6, 6.07) is 16.3. The molecule has 0 unspecified atom stereocenters.